The van der Waals surface area contributed by atoms with Crippen molar-refractivity contribution < 1.29 is 9.90 Å². The molecule has 0 unspecified atom stereocenters. The fourth-order valence-electron chi connectivity index (χ4n) is 2.21. The Labute approximate surface area is 133 Å². The summed E-state index contributed by atoms with van der Waals surface area (Å²) in [6, 6.07) is 5.51. The molecule has 114 valence electrons. The van der Waals surface area contributed by atoms with E-state index in [1.165, 1.54) is 11.3 Å². The number of anilines is 1. The number of aliphatic hydroxyl groups is 1. The fraction of sp³-hybridized carbons (Fsp3) is 0.400. The first kappa shape index (κ1) is 16.1. The van der Waals surface area contributed by atoms with Crippen LogP contribution in [0.15, 0.2) is 18.2 Å². The first-order valence-corrected chi connectivity index (χ1v) is 8.04. The summed E-state index contributed by atoms with van der Waals surface area (Å²) in [5, 5.41) is 10.4. The first-order valence-electron chi connectivity index (χ1n) is 6.85. The number of nitrogen functional groups attached to an aromatic ring is 1. The van der Waals surface area contributed by atoms with Gasteiger partial charge in [-0.2, -0.15) is 0 Å². The van der Waals surface area contributed by atoms with Gasteiger partial charge >= 0.3 is 0 Å². The second kappa shape index (κ2) is 6.64. The normalized spacial score (nSPS) is 11.3. The van der Waals surface area contributed by atoms with Gasteiger partial charge in [-0.3, -0.25) is 4.79 Å². The highest BCUT2D eigenvalue weighted by Crippen LogP contribution is 2.36. The van der Waals surface area contributed by atoms with Gasteiger partial charge in [0.15, 0.2) is 0 Å². The minimum Gasteiger partial charge on any atom is -0.397 e. The van der Waals surface area contributed by atoms with E-state index in [1.807, 2.05) is 19.9 Å². The maximum absolute atomic E-state index is 12.7. The quantitative estimate of drug-likeness (QED) is 0.885. The Bertz CT molecular complexity index is 654. The monoisotopic (exact) mass is 326 g/mol. The Kier molecular flexibility index (Phi) is 5.08. The third-order valence-corrected chi connectivity index (χ3v) is 4.73. The van der Waals surface area contributed by atoms with Crippen molar-refractivity contribution in [2.45, 2.75) is 26.3 Å². The van der Waals surface area contributed by atoms with Crippen LogP contribution in [0.3, 0.4) is 0 Å². The summed E-state index contributed by atoms with van der Waals surface area (Å²) in [7, 11) is 0. The predicted octanol–water partition coefficient (Wildman–Crippen LogP) is 3.37. The molecule has 2 rings (SSSR count). The van der Waals surface area contributed by atoms with Gasteiger partial charge in [0.05, 0.1) is 5.69 Å². The van der Waals surface area contributed by atoms with Crippen LogP contribution in [-0.4, -0.2) is 35.1 Å². The first-order chi connectivity index (χ1) is 9.95. The number of benzene rings is 1. The Morgan fingerprint density at radius 1 is 1.48 bits per heavy atom. The molecule has 0 fully saturated rings. The molecule has 3 N–H and O–H groups in total. The summed E-state index contributed by atoms with van der Waals surface area (Å²) in [5.74, 6) is -0.0896. The Morgan fingerprint density at radius 3 is 2.81 bits per heavy atom. The number of fused-ring (bicyclic) bond motifs is 1. The minimum absolute atomic E-state index is 0.0530. The van der Waals surface area contributed by atoms with Crippen molar-refractivity contribution in [3.63, 3.8) is 0 Å². The van der Waals surface area contributed by atoms with Crippen molar-refractivity contribution in [2.24, 2.45) is 0 Å². The maximum atomic E-state index is 12.7. The summed E-state index contributed by atoms with van der Waals surface area (Å²) >= 11 is 7.37. The number of nitrogens with two attached hydrogens (primary N) is 1. The second-order valence-electron chi connectivity index (χ2n) is 5.15. The van der Waals surface area contributed by atoms with Crippen molar-refractivity contribution in [1.29, 1.82) is 0 Å². The number of nitrogens with zero attached hydrogens (tertiary/aromatic N) is 1. The number of hydrogen-bond acceptors (Lipinski definition) is 4. The number of halogens is 1. The topological polar surface area (TPSA) is 66.6 Å². The van der Waals surface area contributed by atoms with E-state index < -0.39 is 0 Å². The van der Waals surface area contributed by atoms with Crippen LogP contribution in [0.4, 0.5) is 5.69 Å². The van der Waals surface area contributed by atoms with Gasteiger partial charge in [0.2, 0.25) is 0 Å². The van der Waals surface area contributed by atoms with Gasteiger partial charge in [-0.15, -0.1) is 11.3 Å². The summed E-state index contributed by atoms with van der Waals surface area (Å²) in [6.07, 6.45) is 0.556. The summed E-state index contributed by atoms with van der Waals surface area (Å²) < 4.78 is 0.950. The molecule has 6 heteroatoms. The standard InChI is InChI=1S/C15H19ClN2O2S/c1-9(2)18(6-3-7-19)15(20)14-13(17)11-8-10(16)4-5-12(11)21-14/h4-5,8-9,19H,3,6-7,17H2,1-2H3. The van der Waals surface area contributed by atoms with Crippen LogP contribution in [0.2, 0.25) is 5.02 Å². The van der Waals surface area contributed by atoms with Gasteiger partial charge in [-0.1, -0.05) is 11.6 Å². The van der Waals surface area contributed by atoms with Gasteiger partial charge in [0.1, 0.15) is 4.88 Å². The van der Waals surface area contributed by atoms with Crippen LogP contribution in [0.1, 0.15) is 29.9 Å². The van der Waals surface area contributed by atoms with E-state index >= 15 is 0 Å². The smallest absolute Gasteiger partial charge is 0.266 e. The van der Waals surface area contributed by atoms with Gasteiger partial charge in [0, 0.05) is 34.3 Å². The number of carbonyl (C=O) groups is 1. The third kappa shape index (κ3) is 3.31. The predicted molar refractivity (Wildman–Crippen MR) is 89.1 cm³/mol. The largest absolute Gasteiger partial charge is 0.397 e. The van der Waals surface area contributed by atoms with Gasteiger partial charge < -0.3 is 15.7 Å². The highest BCUT2D eigenvalue weighted by Gasteiger charge is 2.23. The number of carbonyl (C=O) groups excluding carboxylic acids is 1. The molecule has 1 amide bonds. The van der Waals surface area contributed by atoms with Crippen LogP contribution in [0.5, 0.6) is 0 Å². The SMILES string of the molecule is CC(C)N(CCCO)C(=O)c1sc2ccc(Cl)cc2c1N. The Balaban J connectivity index is 2.39. The van der Waals surface area contributed by atoms with E-state index in [9.17, 15) is 4.79 Å². The fourth-order valence-corrected chi connectivity index (χ4v) is 3.44. The van der Waals surface area contributed by atoms with Gasteiger partial charge in [-0.05, 0) is 38.5 Å². The molecule has 2 aromatic rings. The molecule has 0 spiro atoms. The van der Waals surface area contributed by atoms with Crippen LogP contribution in [-0.2, 0) is 0 Å². The highest BCUT2D eigenvalue weighted by atomic mass is 35.5. The number of hydrogen-bond donors (Lipinski definition) is 2. The lowest BCUT2D eigenvalue weighted by Crippen LogP contribution is -2.37. The molecule has 0 radical (unpaired) electrons. The lowest BCUT2D eigenvalue weighted by atomic mass is 10.2. The molecule has 1 heterocycles. The van der Waals surface area contributed by atoms with Crippen molar-refractivity contribution in [1.82, 2.24) is 4.90 Å². The zero-order chi connectivity index (χ0) is 15.6. The van der Waals surface area contributed by atoms with Crippen molar-refractivity contribution in [3.8, 4) is 0 Å². The molecule has 0 aliphatic heterocycles. The maximum Gasteiger partial charge on any atom is 0.266 e. The Hall–Kier alpha value is -1.30. The molecule has 0 saturated heterocycles. The molecule has 21 heavy (non-hydrogen) atoms. The highest BCUT2D eigenvalue weighted by molar-refractivity contribution is 7.21. The van der Waals surface area contributed by atoms with Crippen LogP contribution < -0.4 is 5.73 Å². The van der Waals surface area contributed by atoms with Crippen LogP contribution >= 0.6 is 22.9 Å². The van der Waals surface area contributed by atoms with Crippen LogP contribution in [0.25, 0.3) is 10.1 Å². The van der Waals surface area contributed by atoms with E-state index in [0.29, 0.717) is 28.6 Å². The van der Waals surface area contributed by atoms with E-state index in [4.69, 9.17) is 22.4 Å². The van der Waals surface area contributed by atoms with Crippen molar-refractivity contribution in [3.05, 3.63) is 28.1 Å². The Morgan fingerprint density at radius 2 is 2.19 bits per heavy atom. The summed E-state index contributed by atoms with van der Waals surface area (Å²) in [4.78, 5) is 15.0. The number of rotatable bonds is 5. The third-order valence-electron chi connectivity index (χ3n) is 3.32. The average Bonchev–Trinajstić information content (AvgIpc) is 2.76. The molecule has 1 aromatic heterocycles. The molecule has 1 aromatic carbocycles. The zero-order valence-corrected chi connectivity index (χ0v) is 13.7. The lowest BCUT2D eigenvalue weighted by Gasteiger charge is -2.26. The summed E-state index contributed by atoms with van der Waals surface area (Å²) in [6.45, 7) is 4.49. The number of thiophene rings is 1. The van der Waals surface area contributed by atoms with Crippen LogP contribution in [0, 0.1) is 0 Å². The molecular formula is C15H19ClN2O2S. The zero-order valence-electron chi connectivity index (χ0n) is 12.1. The second-order valence-corrected chi connectivity index (χ2v) is 6.64. The van der Waals surface area contributed by atoms with Crippen molar-refractivity contribution >= 4 is 44.6 Å². The molecule has 0 aliphatic carbocycles. The number of aliphatic hydroxyl groups excluding tert-OH is 1. The van der Waals surface area contributed by atoms with Crippen molar-refractivity contribution in [2.75, 3.05) is 18.9 Å². The van der Waals surface area contributed by atoms with E-state index in [2.05, 4.69) is 0 Å². The molecule has 0 atom stereocenters. The lowest BCUT2D eigenvalue weighted by molar-refractivity contribution is 0.0699. The number of amides is 1. The molecule has 0 bridgehead atoms. The molecule has 0 aliphatic rings. The van der Waals surface area contributed by atoms with Gasteiger partial charge in [0.25, 0.3) is 5.91 Å². The van der Waals surface area contributed by atoms with E-state index in [0.717, 1.165) is 10.1 Å². The molecule has 4 nitrogen and oxygen atoms in total. The van der Waals surface area contributed by atoms with E-state index in [1.54, 1.807) is 17.0 Å². The minimum atomic E-state index is -0.0896. The summed E-state index contributed by atoms with van der Waals surface area (Å²) in [5.41, 5.74) is 6.61. The molecular weight excluding hydrogens is 308 g/mol. The van der Waals surface area contributed by atoms with E-state index in [-0.39, 0.29) is 18.6 Å². The average molecular weight is 327 g/mol. The van der Waals surface area contributed by atoms with Gasteiger partial charge in [-0.25, -0.2) is 0 Å². The molecule has 0 saturated carbocycles.